The van der Waals surface area contributed by atoms with E-state index in [-0.39, 0.29) is 0 Å². The van der Waals surface area contributed by atoms with Gasteiger partial charge in [0.2, 0.25) is 0 Å². The van der Waals surface area contributed by atoms with Crippen molar-refractivity contribution in [1.29, 1.82) is 0 Å². The Kier molecular flexibility index (Phi) is 6.22. The fraction of sp³-hybridized carbons (Fsp3) is 0.167. The van der Waals surface area contributed by atoms with E-state index in [0.29, 0.717) is 18.8 Å². The third kappa shape index (κ3) is 5.07. The summed E-state index contributed by atoms with van der Waals surface area (Å²) < 4.78 is 0. The van der Waals surface area contributed by atoms with Crippen LogP contribution in [0.25, 0.3) is 0 Å². The molecule has 0 saturated heterocycles. The molecule has 142 valence electrons. The summed E-state index contributed by atoms with van der Waals surface area (Å²) >= 11 is 0. The number of carbonyl (C=O) groups is 2. The highest BCUT2D eigenvalue weighted by molar-refractivity contribution is 6.39. The molecule has 0 aliphatic rings. The quantitative estimate of drug-likeness (QED) is 0.672. The van der Waals surface area contributed by atoms with Crippen molar-refractivity contribution < 1.29 is 9.59 Å². The number of hydrogen-bond acceptors (Lipinski definition) is 2. The summed E-state index contributed by atoms with van der Waals surface area (Å²) in [6, 6.07) is 25.1. The smallest absolute Gasteiger partial charge is 0.313 e. The first-order chi connectivity index (χ1) is 13.5. The van der Waals surface area contributed by atoms with Gasteiger partial charge in [-0.25, -0.2) is 0 Å². The van der Waals surface area contributed by atoms with Gasteiger partial charge in [-0.1, -0.05) is 78.4 Å². The van der Waals surface area contributed by atoms with E-state index in [9.17, 15) is 9.59 Å². The monoisotopic (exact) mass is 372 g/mol. The van der Waals surface area contributed by atoms with Crippen LogP contribution < -0.4 is 5.32 Å². The summed E-state index contributed by atoms with van der Waals surface area (Å²) in [5.74, 6) is -1.17. The standard InChI is InChI=1S/C24H24N2O2/c1-18-13-14-22(19(2)15-18)25-23(27)24(28)26(16-20-9-5-3-6-10-20)17-21-11-7-4-8-12-21/h3-15H,16-17H2,1-2H3,(H,25,27). The van der Waals surface area contributed by atoms with Crippen LogP contribution in [0.4, 0.5) is 5.69 Å². The molecule has 0 heterocycles. The molecule has 0 fully saturated rings. The summed E-state index contributed by atoms with van der Waals surface area (Å²) in [4.78, 5) is 27.2. The normalized spacial score (nSPS) is 10.4. The number of nitrogens with zero attached hydrogens (tertiary/aromatic N) is 1. The first-order valence-electron chi connectivity index (χ1n) is 9.28. The summed E-state index contributed by atoms with van der Waals surface area (Å²) in [6.07, 6.45) is 0. The number of aryl methyl sites for hydroxylation is 2. The molecule has 0 aromatic heterocycles. The molecule has 0 aliphatic carbocycles. The maximum atomic E-state index is 12.9. The molecule has 0 spiro atoms. The summed E-state index contributed by atoms with van der Waals surface area (Å²) in [7, 11) is 0. The van der Waals surface area contributed by atoms with Crippen molar-refractivity contribution in [2.24, 2.45) is 0 Å². The van der Waals surface area contributed by atoms with Crippen LogP contribution in [-0.4, -0.2) is 16.7 Å². The van der Waals surface area contributed by atoms with Crippen molar-refractivity contribution >= 4 is 17.5 Å². The average Bonchev–Trinajstić information content (AvgIpc) is 2.70. The predicted octanol–water partition coefficient (Wildman–Crippen LogP) is 4.47. The van der Waals surface area contributed by atoms with Gasteiger partial charge in [-0.15, -0.1) is 0 Å². The summed E-state index contributed by atoms with van der Waals surface area (Å²) in [6.45, 7) is 4.65. The first kappa shape index (κ1) is 19.4. The highest BCUT2D eigenvalue weighted by atomic mass is 16.2. The number of anilines is 1. The molecular weight excluding hydrogens is 348 g/mol. The molecule has 3 aromatic rings. The van der Waals surface area contributed by atoms with Crippen LogP contribution in [0.15, 0.2) is 78.9 Å². The van der Waals surface area contributed by atoms with Gasteiger partial charge in [0.25, 0.3) is 0 Å². The highest BCUT2D eigenvalue weighted by Gasteiger charge is 2.23. The predicted molar refractivity (Wildman–Crippen MR) is 112 cm³/mol. The van der Waals surface area contributed by atoms with Crippen LogP contribution in [0.2, 0.25) is 0 Å². The first-order valence-corrected chi connectivity index (χ1v) is 9.28. The van der Waals surface area contributed by atoms with Gasteiger partial charge in [0, 0.05) is 18.8 Å². The van der Waals surface area contributed by atoms with Crippen LogP contribution in [0, 0.1) is 13.8 Å². The van der Waals surface area contributed by atoms with Crippen molar-refractivity contribution in [3.05, 3.63) is 101 Å². The third-order valence-corrected chi connectivity index (χ3v) is 4.54. The maximum absolute atomic E-state index is 12.9. The molecule has 28 heavy (non-hydrogen) atoms. The molecule has 3 rings (SSSR count). The molecule has 0 saturated carbocycles. The van der Waals surface area contributed by atoms with Gasteiger partial charge in [-0.05, 0) is 36.6 Å². The van der Waals surface area contributed by atoms with Gasteiger partial charge in [-0.3, -0.25) is 9.59 Å². The molecule has 2 amide bonds. The van der Waals surface area contributed by atoms with Gasteiger partial charge in [0.1, 0.15) is 0 Å². The Hall–Kier alpha value is -3.40. The van der Waals surface area contributed by atoms with Gasteiger partial charge in [0.15, 0.2) is 0 Å². The average molecular weight is 372 g/mol. The molecule has 1 N–H and O–H groups in total. The van der Waals surface area contributed by atoms with Crippen LogP contribution >= 0.6 is 0 Å². The van der Waals surface area contributed by atoms with E-state index >= 15 is 0 Å². The van der Waals surface area contributed by atoms with Crippen molar-refractivity contribution in [2.45, 2.75) is 26.9 Å². The second-order valence-corrected chi connectivity index (χ2v) is 6.90. The second kappa shape index (κ2) is 9.00. The minimum absolute atomic E-state index is 0.370. The lowest BCUT2D eigenvalue weighted by atomic mass is 10.1. The van der Waals surface area contributed by atoms with Crippen molar-refractivity contribution in [2.75, 3.05) is 5.32 Å². The van der Waals surface area contributed by atoms with Gasteiger partial charge in [0.05, 0.1) is 0 Å². The number of rotatable bonds is 5. The Balaban J connectivity index is 1.79. The Bertz CT molecular complexity index is 911. The van der Waals surface area contributed by atoms with E-state index in [4.69, 9.17) is 0 Å². The zero-order valence-electron chi connectivity index (χ0n) is 16.2. The number of benzene rings is 3. The number of nitrogens with one attached hydrogen (secondary N) is 1. The van der Waals surface area contributed by atoms with E-state index < -0.39 is 11.8 Å². The number of carbonyl (C=O) groups excluding carboxylic acids is 2. The van der Waals surface area contributed by atoms with Crippen molar-refractivity contribution in [3.8, 4) is 0 Å². The van der Waals surface area contributed by atoms with E-state index in [1.807, 2.05) is 92.7 Å². The van der Waals surface area contributed by atoms with Crippen LogP contribution in [0.3, 0.4) is 0 Å². The maximum Gasteiger partial charge on any atom is 0.313 e. The van der Waals surface area contributed by atoms with Gasteiger partial charge < -0.3 is 10.2 Å². The topological polar surface area (TPSA) is 49.4 Å². The molecule has 0 atom stereocenters. The van der Waals surface area contributed by atoms with Crippen LogP contribution in [0.1, 0.15) is 22.3 Å². The van der Waals surface area contributed by atoms with Gasteiger partial charge in [-0.2, -0.15) is 0 Å². The van der Waals surface area contributed by atoms with E-state index in [0.717, 1.165) is 22.3 Å². The Morgan fingerprint density at radius 1 is 0.786 bits per heavy atom. The molecule has 0 unspecified atom stereocenters. The fourth-order valence-corrected chi connectivity index (χ4v) is 3.08. The van der Waals surface area contributed by atoms with Crippen LogP contribution in [-0.2, 0) is 22.7 Å². The zero-order chi connectivity index (χ0) is 19.9. The minimum Gasteiger partial charge on any atom is -0.326 e. The lowest BCUT2D eigenvalue weighted by Crippen LogP contribution is -2.39. The Labute approximate surface area is 165 Å². The molecule has 0 aliphatic heterocycles. The second-order valence-electron chi connectivity index (χ2n) is 6.90. The summed E-state index contributed by atoms with van der Waals surface area (Å²) in [5.41, 5.74) is 4.65. The lowest BCUT2D eigenvalue weighted by molar-refractivity contribution is -0.144. The van der Waals surface area contributed by atoms with Gasteiger partial charge >= 0.3 is 11.8 Å². The minimum atomic E-state index is -0.626. The largest absolute Gasteiger partial charge is 0.326 e. The number of amides is 2. The summed E-state index contributed by atoms with van der Waals surface area (Å²) in [5, 5.41) is 2.76. The van der Waals surface area contributed by atoms with E-state index in [1.165, 1.54) is 0 Å². The molecule has 0 bridgehead atoms. The fourth-order valence-electron chi connectivity index (χ4n) is 3.08. The molecule has 4 nitrogen and oxygen atoms in total. The number of hydrogen-bond donors (Lipinski definition) is 1. The molecule has 4 heteroatoms. The Morgan fingerprint density at radius 2 is 1.32 bits per heavy atom. The highest BCUT2D eigenvalue weighted by Crippen LogP contribution is 2.17. The zero-order valence-corrected chi connectivity index (χ0v) is 16.2. The van der Waals surface area contributed by atoms with Crippen molar-refractivity contribution in [3.63, 3.8) is 0 Å². The van der Waals surface area contributed by atoms with E-state index in [1.54, 1.807) is 4.90 Å². The molecular formula is C24H24N2O2. The van der Waals surface area contributed by atoms with E-state index in [2.05, 4.69) is 5.32 Å². The lowest BCUT2D eigenvalue weighted by Gasteiger charge is -2.23. The Morgan fingerprint density at radius 3 is 1.82 bits per heavy atom. The van der Waals surface area contributed by atoms with Crippen molar-refractivity contribution in [1.82, 2.24) is 4.90 Å². The molecule has 0 radical (unpaired) electrons. The third-order valence-electron chi connectivity index (χ3n) is 4.54. The molecule has 3 aromatic carbocycles. The van der Waals surface area contributed by atoms with Crippen LogP contribution in [0.5, 0.6) is 0 Å². The SMILES string of the molecule is Cc1ccc(NC(=O)C(=O)N(Cc2ccccc2)Cc2ccccc2)c(C)c1.